The van der Waals surface area contributed by atoms with Gasteiger partial charge in [-0.1, -0.05) is 18.2 Å². The van der Waals surface area contributed by atoms with Crippen LogP contribution in [0.5, 0.6) is 0 Å². The maximum atomic E-state index is 12.9. The summed E-state index contributed by atoms with van der Waals surface area (Å²) in [4.78, 5) is 16.9. The molecule has 0 bridgehead atoms. The summed E-state index contributed by atoms with van der Waals surface area (Å²) in [6.07, 6.45) is 2.57. The molecule has 0 spiro atoms. The molecule has 1 aliphatic heterocycles. The average Bonchev–Trinajstić information content (AvgIpc) is 3.27. The van der Waals surface area contributed by atoms with E-state index in [0.29, 0.717) is 25.6 Å². The van der Waals surface area contributed by atoms with Crippen molar-refractivity contribution < 1.29 is 4.79 Å². The van der Waals surface area contributed by atoms with Gasteiger partial charge in [0.25, 0.3) is 0 Å². The van der Waals surface area contributed by atoms with Crippen LogP contribution in [0.4, 0.5) is 5.69 Å². The van der Waals surface area contributed by atoms with Crippen molar-refractivity contribution in [2.75, 3.05) is 24.5 Å². The third kappa shape index (κ3) is 3.84. The van der Waals surface area contributed by atoms with E-state index < -0.39 is 0 Å². The summed E-state index contributed by atoms with van der Waals surface area (Å²) in [5.74, 6) is 0.0681. The molecule has 1 aliphatic rings. The van der Waals surface area contributed by atoms with E-state index in [1.165, 1.54) is 5.56 Å². The summed E-state index contributed by atoms with van der Waals surface area (Å²) in [7, 11) is 0. The highest BCUT2D eigenvalue weighted by Crippen LogP contribution is 2.33. The van der Waals surface area contributed by atoms with Crippen LogP contribution in [0.2, 0.25) is 0 Å². The first-order chi connectivity index (χ1) is 11.8. The van der Waals surface area contributed by atoms with Crippen molar-refractivity contribution in [1.29, 1.82) is 5.26 Å². The molecule has 1 aromatic carbocycles. The number of nitriles is 1. The zero-order valence-corrected chi connectivity index (χ0v) is 14.4. The number of para-hydroxylation sites is 1. The van der Waals surface area contributed by atoms with Crippen LogP contribution >= 0.6 is 11.3 Å². The van der Waals surface area contributed by atoms with Gasteiger partial charge in [-0.15, -0.1) is 0 Å². The smallest absolute Gasteiger partial charge is 0.241 e. The van der Waals surface area contributed by atoms with Gasteiger partial charge in [-0.3, -0.25) is 9.69 Å². The first-order valence-corrected chi connectivity index (χ1v) is 9.22. The third-order valence-electron chi connectivity index (χ3n) is 4.45. The van der Waals surface area contributed by atoms with Crippen LogP contribution in [0.3, 0.4) is 0 Å². The Bertz CT molecular complexity index is 693. The van der Waals surface area contributed by atoms with Crippen LogP contribution in [-0.2, 0) is 4.79 Å². The summed E-state index contributed by atoms with van der Waals surface area (Å²) >= 11 is 1.70. The number of hydrogen-bond acceptors (Lipinski definition) is 4. The molecular weight excluding hydrogens is 318 g/mol. The van der Waals surface area contributed by atoms with Crippen LogP contribution in [0.1, 0.15) is 30.9 Å². The van der Waals surface area contributed by atoms with Crippen molar-refractivity contribution in [3.63, 3.8) is 0 Å². The Kier molecular flexibility index (Phi) is 5.63. The molecule has 1 fully saturated rings. The molecule has 1 atom stereocenters. The topological polar surface area (TPSA) is 47.3 Å². The monoisotopic (exact) mass is 339 g/mol. The molecule has 2 aromatic rings. The number of benzene rings is 1. The molecule has 1 saturated heterocycles. The Labute approximate surface area is 146 Å². The van der Waals surface area contributed by atoms with E-state index in [1.807, 2.05) is 30.3 Å². The zero-order chi connectivity index (χ0) is 16.8. The summed E-state index contributed by atoms with van der Waals surface area (Å²) < 4.78 is 0. The van der Waals surface area contributed by atoms with Gasteiger partial charge in [0.1, 0.15) is 0 Å². The Morgan fingerprint density at radius 1 is 1.33 bits per heavy atom. The number of amides is 1. The van der Waals surface area contributed by atoms with E-state index >= 15 is 0 Å². The number of hydrogen-bond donors (Lipinski definition) is 0. The second kappa shape index (κ2) is 8.09. The van der Waals surface area contributed by atoms with Crippen LogP contribution in [0, 0.1) is 11.3 Å². The highest BCUT2D eigenvalue weighted by molar-refractivity contribution is 7.07. The first-order valence-electron chi connectivity index (χ1n) is 8.28. The first kappa shape index (κ1) is 16.7. The molecule has 4 nitrogen and oxygen atoms in total. The lowest BCUT2D eigenvalue weighted by Gasteiger charge is -2.28. The molecule has 2 heterocycles. The summed E-state index contributed by atoms with van der Waals surface area (Å²) in [5, 5.41) is 13.2. The predicted octanol–water partition coefficient (Wildman–Crippen LogP) is 3.83. The van der Waals surface area contributed by atoms with Crippen LogP contribution in [0.25, 0.3) is 0 Å². The van der Waals surface area contributed by atoms with E-state index in [0.717, 1.165) is 25.1 Å². The minimum Gasteiger partial charge on any atom is -0.310 e. The second-order valence-electron chi connectivity index (χ2n) is 5.97. The lowest BCUT2D eigenvalue weighted by atomic mass is 10.1. The number of rotatable bonds is 6. The maximum absolute atomic E-state index is 12.9. The second-order valence-corrected chi connectivity index (χ2v) is 6.75. The molecule has 5 heteroatoms. The van der Waals surface area contributed by atoms with Gasteiger partial charge in [-0.2, -0.15) is 16.6 Å². The molecular formula is C19H21N3OS. The minimum absolute atomic E-state index is 0.0681. The van der Waals surface area contributed by atoms with Crippen molar-refractivity contribution in [1.82, 2.24) is 4.90 Å². The molecule has 0 N–H and O–H groups in total. The van der Waals surface area contributed by atoms with Crippen molar-refractivity contribution in [2.45, 2.75) is 25.3 Å². The summed E-state index contributed by atoms with van der Waals surface area (Å²) in [5.41, 5.74) is 2.18. The number of carbonyl (C=O) groups excluding carboxylic acids is 1. The molecule has 0 aliphatic carbocycles. The number of thiophene rings is 1. The molecule has 24 heavy (non-hydrogen) atoms. The molecule has 0 unspecified atom stereocenters. The lowest BCUT2D eigenvalue weighted by Crippen LogP contribution is -2.40. The number of carbonyl (C=O) groups is 1. The normalized spacial score (nSPS) is 17.5. The lowest BCUT2D eigenvalue weighted by molar-refractivity contribution is -0.120. The number of likely N-dealkylation sites (tertiary alicyclic amines) is 1. The van der Waals surface area contributed by atoms with Gasteiger partial charge in [0.2, 0.25) is 5.91 Å². The van der Waals surface area contributed by atoms with Gasteiger partial charge in [0.05, 0.1) is 19.0 Å². The predicted molar refractivity (Wildman–Crippen MR) is 96.9 cm³/mol. The number of anilines is 1. The standard InChI is InChI=1S/C19H21N3OS/c20-10-5-12-22(17-6-2-1-3-7-17)19(23)14-21-11-4-8-18(21)16-9-13-24-15-16/h1-3,6-7,9,13,15,18H,4-5,8,11-12,14H2/t18-/m0/s1. The van der Waals surface area contributed by atoms with E-state index in [4.69, 9.17) is 5.26 Å². The average molecular weight is 339 g/mol. The molecule has 1 aromatic heterocycles. The van der Waals surface area contributed by atoms with Crippen molar-refractivity contribution >= 4 is 22.9 Å². The zero-order valence-electron chi connectivity index (χ0n) is 13.6. The van der Waals surface area contributed by atoms with E-state index in [9.17, 15) is 4.79 Å². The quantitative estimate of drug-likeness (QED) is 0.803. The summed E-state index contributed by atoms with van der Waals surface area (Å²) in [6, 6.07) is 14.3. The van der Waals surface area contributed by atoms with Gasteiger partial charge in [-0.25, -0.2) is 0 Å². The third-order valence-corrected chi connectivity index (χ3v) is 5.15. The van der Waals surface area contributed by atoms with Gasteiger partial charge < -0.3 is 4.90 Å². The maximum Gasteiger partial charge on any atom is 0.241 e. The molecule has 1 amide bonds. The molecule has 124 valence electrons. The fraction of sp³-hybridized carbons (Fsp3) is 0.368. The van der Waals surface area contributed by atoms with Crippen LogP contribution < -0.4 is 4.90 Å². The Morgan fingerprint density at radius 2 is 2.17 bits per heavy atom. The van der Waals surface area contributed by atoms with Gasteiger partial charge in [-0.05, 0) is 53.9 Å². The van der Waals surface area contributed by atoms with Crippen molar-refractivity contribution in [3.8, 4) is 6.07 Å². The van der Waals surface area contributed by atoms with Crippen molar-refractivity contribution in [3.05, 3.63) is 52.7 Å². The Morgan fingerprint density at radius 3 is 2.88 bits per heavy atom. The highest BCUT2D eigenvalue weighted by Gasteiger charge is 2.29. The van der Waals surface area contributed by atoms with E-state index in [2.05, 4.69) is 27.8 Å². The fourth-order valence-electron chi connectivity index (χ4n) is 3.28. The molecule has 3 rings (SSSR count). The van der Waals surface area contributed by atoms with Gasteiger partial charge in [0, 0.05) is 18.3 Å². The summed E-state index contributed by atoms with van der Waals surface area (Å²) in [6.45, 7) is 1.80. The van der Waals surface area contributed by atoms with Crippen LogP contribution in [-0.4, -0.2) is 30.4 Å². The fourth-order valence-corrected chi connectivity index (χ4v) is 3.99. The largest absolute Gasteiger partial charge is 0.310 e. The van der Waals surface area contributed by atoms with E-state index in [1.54, 1.807) is 16.2 Å². The molecule has 0 radical (unpaired) electrons. The molecule has 0 saturated carbocycles. The Balaban J connectivity index is 1.72. The Hall–Kier alpha value is -2.16. The van der Waals surface area contributed by atoms with Gasteiger partial charge in [0.15, 0.2) is 0 Å². The van der Waals surface area contributed by atoms with Gasteiger partial charge >= 0.3 is 0 Å². The van der Waals surface area contributed by atoms with E-state index in [-0.39, 0.29) is 5.91 Å². The minimum atomic E-state index is 0.0681. The SMILES string of the molecule is N#CCCN(C(=O)CN1CCC[C@H]1c1ccsc1)c1ccccc1. The van der Waals surface area contributed by atoms with Crippen molar-refractivity contribution in [2.24, 2.45) is 0 Å². The highest BCUT2D eigenvalue weighted by atomic mass is 32.1. The number of nitrogens with zero attached hydrogens (tertiary/aromatic N) is 3. The van der Waals surface area contributed by atoms with Crippen LogP contribution in [0.15, 0.2) is 47.2 Å².